The van der Waals surface area contributed by atoms with Gasteiger partial charge in [-0.1, -0.05) is 13.0 Å². The molecular weight excluding hydrogens is 206 g/mol. The fraction of sp³-hybridized carbons (Fsp3) is 0.333. The predicted molar refractivity (Wildman–Crippen MR) is 59.3 cm³/mol. The van der Waals surface area contributed by atoms with Crippen molar-refractivity contribution in [2.45, 2.75) is 19.8 Å². The minimum Gasteiger partial charge on any atom is -0.462 e. The molecule has 0 aliphatic carbocycles. The maximum absolute atomic E-state index is 11.6. The summed E-state index contributed by atoms with van der Waals surface area (Å²) in [7, 11) is 0. The van der Waals surface area contributed by atoms with Crippen molar-refractivity contribution in [3.05, 3.63) is 29.3 Å². The second-order valence-corrected chi connectivity index (χ2v) is 3.73. The van der Waals surface area contributed by atoms with E-state index in [1.54, 1.807) is 18.2 Å². The molecule has 0 fully saturated rings. The van der Waals surface area contributed by atoms with E-state index in [-0.39, 0.29) is 11.9 Å². The van der Waals surface area contributed by atoms with Crippen LogP contribution in [0.25, 0.3) is 0 Å². The number of anilines is 1. The van der Waals surface area contributed by atoms with Crippen LogP contribution in [-0.2, 0) is 16.0 Å². The molecule has 1 heterocycles. The maximum atomic E-state index is 11.6. The molecule has 0 saturated carbocycles. The van der Waals surface area contributed by atoms with Gasteiger partial charge in [-0.05, 0) is 24.1 Å². The van der Waals surface area contributed by atoms with Crippen molar-refractivity contribution in [2.24, 2.45) is 0 Å². The number of fused-ring (bicyclic) bond motifs is 1. The summed E-state index contributed by atoms with van der Waals surface area (Å²) in [6.07, 6.45) is 1.19. The van der Waals surface area contributed by atoms with Crippen molar-refractivity contribution in [2.75, 3.05) is 11.9 Å². The quantitative estimate of drug-likeness (QED) is 0.788. The zero-order chi connectivity index (χ0) is 11.5. The van der Waals surface area contributed by atoms with Crippen LogP contribution >= 0.6 is 0 Å². The number of rotatable bonds is 3. The summed E-state index contributed by atoms with van der Waals surface area (Å²) in [5, 5.41) is 2.70. The molecule has 1 amide bonds. The number of amides is 1. The average molecular weight is 219 g/mol. The van der Waals surface area contributed by atoms with Crippen LogP contribution in [0.3, 0.4) is 0 Å². The molecule has 4 nitrogen and oxygen atoms in total. The molecule has 0 unspecified atom stereocenters. The summed E-state index contributed by atoms with van der Waals surface area (Å²) in [4.78, 5) is 22.7. The monoisotopic (exact) mass is 219 g/mol. The van der Waals surface area contributed by atoms with Crippen LogP contribution in [0, 0.1) is 0 Å². The molecule has 2 rings (SSSR count). The van der Waals surface area contributed by atoms with E-state index < -0.39 is 0 Å². The lowest BCUT2D eigenvalue weighted by molar-refractivity contribution is -0.115. The number of nitrogens with one attached hydrogen (secondary N) is 1. The third kappa shape index (κ3) is 2.05. The fourth-order valence-corrected chi connectivity index (χ4v) is 1.62. The molecule has 0 radical (unpaired) electrons. The molecule has 1 aliphatic rings. The summed E-state index contributed by atoms with van der Waals surface area (Å²) >= 11 is 0. The van der Waals surface area contributed by atoms with Crippen LogP contribution < -0.4 is 5.32 Å². The molecule has 1 aliphatic heterocycles. The average Bonchev–Trinajstić information content (AvgIpc) is 2.64. The number of carbonyl (C=O) groups is 2. The predicted octanol–water partition coefficient (Wildman–Crippen LogP) is 1.75. The summed E-state index contributed by atoms with van der Waals surface area (Å²) < 4.78 is 5.01. The maximum Gasteiger partial charge on any atom is 0.338 e. The van der Waals surface area contributed by atoms with Gasteiger partial charge in [0.15, 0.2) is 0 Å². The van der Waals surface area contributed by atoms with Crippen molar-refractivity contribution < 1.29 is 14.3 Å². The molecule has 0 aromatic heterocycles. The third-order valence-corrected chi connectivity index (χ3v) is 2.41. The van der Waals surface area contributed by atoms with Gasteiger partial charge in [-0.25, -0.2) is 4.79 Å². The Morgan fingerprint density at radius 3 is 3.06 bits per heavy atom. The van der Waals surface area contributed by atoms with E-state index in [0.717, 1.165) is 17.7 Å². The Morgan fingerprint density at radius 2 is 2.31 bits per heavy atom. The van der Waals surface area contributed by atoms with E-state index in [1.165, 1.54) is 0 Å². The second-order valence-electron chi connectivity index (χ2n) is 3.73. The minimum atomic E-state index is -0.342. The van der Waals surface area contributed by atoms with Crippen LogP contribution in [-0.4, -0.2) is 18.5 Å². The van der Waals surface area contributed by atoms with Crippen molar-refractivity contribution in [1.82, 2.24) is 0 Å². The van der Waals surface area contributed by atoms with E-state index >= 15 is 0 Å². The number of esters is 1. The molecule has 4 heteroatoms. The molecule has 0 bridgehead atoms. The topological polar surface area (TPSA) is 55.4 Å². The van der Waals surface area contributed by atoms with Crippen LogP contribution in [0.15, 0.2) is 18.2 Å². The molecule has 84 valence electrons. The summed E-state index contributed by atoms with van der Waals surface area (Å²) in [5.41, 5.74) is 2.13. The number of ether oxygens (including phenoxy) is 1. The first-order valence-corrected chi connectivity index (χ1v) is 5.30. The highest BCUT2D eigenvalue weighted by Crippen LogP contribution is 2.24. The highest BCUT2D eigenvalue weighted by molar-refractivity contribution is 6.01. The van der Waals surface area contributed by atoms with Crippen LogP contribution in [0.1, 0.15) is 29.3 Å². The van der Waals surface area contributed by atoms with E-state index in [9.17, 15) is 9.59 Å². The number of hydrogen-bond acceptors (Lipinski definition) is 3. The number of hydrogen-bond donors (Lipinski definition) is 1. The van der Waals surface area contributed by atoms with E-state index in [2.05, 4.69) is 5.32 Å². The zero-order valence-corrected chi connectivity index (χ0v) is 9.08. The van der Waals surface area contributed by atoms with Crippen LogP contribution in [0.2, 0.25) is 0 Å². The molecule has 0 spiro atoms. The Bertz CT molecular complexity index is 440. The van der Waals surface area contributed by atoms with Gasteiger partial charge in [0, 0.05) is 5.69 Å². The summed E-state index contributed by atoms with van der Waals surface area (Å²) in [6, 6.07) is 5.14. The molecule has 16 heavy (non-hydrogen) atoms. The molecule has 1 N–H and O–H groups in total. The smallest absolute Gasteiger partial charge is 0.338 e. The van der Waals surface area contributed by atoms with Gasteiger partial charge < -0.3 is 10.1 Å². The normalized spacial score (nSPS) is 13.2. The molecule has 1 aromatic rings. The van der Waals surface area contributed by atoms with Gasteiger partial charge in [-0.15, -0.1) is 0 Å². The first-order chi connectivity index (χ1) is 7.70. The standard InChI is InChI=1S/C12H13NO3/c1-2-5-16-12(15)9-4-3-8-7-11(14)13-10(8)6-9/h3-4,6H,2,5,7H2,1H3,(H,13,14). The molecule has 1 aromatic carbocycles. The fourth-order valence-electron chi connectivity index (χ4n) is 1.62. The van der Waals surface area contributed by atoms with Gasteiger partial charge in [0.1, 0.15) is 0 Å². The Kier molecular flexibility index (Phi) is 2.90. The largest absolute Gasteiger partial charge is 0.462 e. The number of carbonyl (C=O) groups excluding carboxylic acids is 2. The first-order valence-electron chi connectivity index (χ1n) is 5.30. The lowest BCUT2D eigenvalue weighted by atomic mass is 10.1. The summed E-state index contributed by atoms with van der Waals surface area (Å²) in [6.45, 7) is 2.36. The first kappa shape index (κ1) is 10.7. The highest BCUT2D eigenvalue weighted by atomic mass is 16.5. The molecular formula is C12H13NO3. The van der Waals surface area contributed by atoms with E-state index in [4.69, 9.17) is 4.74 Å². The second kappa shape index (κ2) is 4.35. The van der Waals surface area contributed by atoms with Gasteiger partial charge in [-0.3, -0.25) is 4.79 Å². The van der Waals surface area contributed by atoms with Crippen molar-refractivity contribution in [3.63, 3.8) is 0 Å². The van der Waals surface area contributed by atoms with Gasteiger partial charge in [-0.2, -0.15) is 0 Å². The van der Waals surface area contributed by atoms with Crippen LogP contribution in [0.5, 0.6) is 0 Å². The zero-order valence-electron chi connectivity index (χ0n) is 9.08. The lowest BCUT2D eigenvalue weighted by Gasteiger charge is -2.04. The Hall–Kier alpha value is -1.84. The van der Waals surface area contributed by atoms with Crippen molar-refractivity contribution >= 4 is 17.6 Å². The number of benzene rings is 1. The van der Waals surface area contributed by atoms with Crippen LogP contribution in [0.4, 0.5) is 5.69 Å². The molecule has 0 atom stereocenters. The van der Waals surface area contributed by atoms with E-state index in [0.29, 0.717) is 18.6 Å². The van der Waals surface area contributed by atoms with Gasteiger partial charge in [0.25, 0.3) is 0 Å². The lowest BCUT2D eigenvalue weighted by Crippen LogP contribution is -2.06. The highest BCUT2D eigenvalue weighted by Gasteiger charge is 2.19. The van der Waals surface area contributed by atoms with Crippen molar-refractivity contribution in [1.29, 1.82) is 0 Å². The van der Waals surface area contributed by atoms with Crippen molar-refractivity contribution in [3.8, 4) is 0 Å². The molecule has 0 saturated heterocycles. The third-order valence-electron chi connectivity index (χ3n) is 2.41. The van der Waals surface area contributed by atoms with Gasteiger partial charge in [0.2, 0.25) is 5.91 Å². The SMILES string of the molecule is CCCOC(=O)c1ccc2c(c1)NC(=O)C2. The van der Waals surface area contributed by atoms with E-state index in [1.807, 2.05) is 6.92 Å². The van der Waals surface area contributed by atoms with Gasteiger partial charge in [0.05, 0.1) is 18.6 Å². The Balaban J connectivity index is 2.16. The summed E-state index contributed by atoms with van der Waals surface area (Å²) in [5.74, 6) is -0.375. The van der Waals surface area contributed by atoms with Gasteiger partial charge >= 0.3 is 5.97 Å². The Labute approximate surface area is 93.6 Å². The minimum absolute atomic E-state index is 0.0333. The Morgan fingerprint density at radius 1 is 1.50 bits per heavy atom.